The summed E-state index contributed by atoms with van der Waals surface area (Å²) in [6.45, 7) is 3.21. The number of alkyl halides is 3. The summed E-state index contributed by atoms with van der Waals surface area (Å²) in [7, 11) is -0.548. The van der Waals surface area contributed by atoms with Crippen molar-refractivity contribution in [3.05, 3.63) is 52.8 Å². The molecule has 1 aromatic carbocycles. The molecule has 0 spiro atoms. The third-order valence-corrected chi connectivity index (χ3v) is 6.84. The number of nitrogens with zero attached hydrogens (tertiary/aromatic N) is 5. The maximum Gasteiger partial charge on any atom is 0.416 e. The molecule has 0 atom stereocenters. The van der Waals surface area contributed by atoms with Crippen LogP contribution in [0.4, 0.5) is 24.7 Å². The number of H-pyrrole nitrogens is 1. The van der Waals surface area contributed by atoms with E-state index in [4.69, 9.17) is 11.6 Å². The summed E-state index contributed by atoms with van der Waals surface area (Å²) < 4.78 is 66.5. The van der Waals surface area contributed by atoms with Crippen LogP contribution in [0.25, 0.3) is 22.4 Å². The Hall–Kier alpha value is -3.49. The molecule has 0 saturated carbocycles. The fourth-order valence-corrected chi connectivity index (χ4v) is 4.74. The number of pyridine rings is 1. The molecule has 0 amide bonds. The maximum absolute atomic E-state index is 13.0. The number of benzene rings is 1. The summed E-state index contributed by atoms with van der Waals surface area (Å²) in [5, 5.41) is 10.3. The van der Waals surface area contributed by atoms with Crippen molar-refractivity contribution in [1.82, 2.24) is 30.0 Å². The largest absolute Gasteiger partial charge is 0.416 e. The smallest absolute Gasteiger partial charge is 0.368 e. The Morgan fingerprint density at radius 2 is 1.89 bits per heavy atom. The lowest BCUT2D eigenvalue weighted by Crippen LogP contribution is -2.21. The summed E-state index contributed by atoms with van der Waals surface area (Å²) in [6.07, 6.45) is -3.95. The summed E-state index contributed by atoms with van der Waals surface area (Å²) in [4.78, 5) is 14.7. The first-order chi connectivity index (χ1) is 17.3. The highest BCUT2D eigenvalue weighted by atomic mass is 35.5. The lowest BCUT2D eigenvalue weighted by molar-refractivity contribution is -0.137. The van der Waals surface area contributed by atoms with E-state index in [9.17, 15) is 21.6 Å². The number of anilines is 2. The van der Waals surface area contributed by atoms with Crippen LogP contribution in [0.5, 0.6) is 0 Å². The molecule has 0 bridgehead atoms. The number of aromatic nitrogens is 5. The number of sulfonamides is 1. The lowest BCUT2D eigenvalue weighted by Gasteiger charge is -2.13. The maximum atomic E-state index is 13.0. The third kappa shape index (κ3) is 5.92. The molecule has 15 heteroatoms. The van der Waals surface area contributed by atoms with Crippen LogP contribution in [0.1, 0.15) is 11.3 Å². The van der Waals surface area contributed by atoms with E-state index >= 15 is 0 Å². The fourth-order valence-electron chi connectivity index (χ4n) is 3.40. The number of hydrogen-bond acceptors (Lipinski definition) is 8. The second kappa shape index (κ2) is 10.1. The molecule has 4 rings (SSSR count). The Bertz CT molecular complexity index is 1560. The predicted octanol–water partition coefficient (Wildman–Crippen LogP) is 4.17. The van der Waals surface area contributed by atoms with Crippen molar-refractivity contribution in [2.24, 2.45) is 0 Å². The lowest BCUT2D eigenvalue weighted by atomic mass is 10.2. The number of likely N-dealkylation sites (N-methyl/N-ethyl adjacent to an activating group) is 1. The zero-order chi connectivity index (χ0) is 27.0. The predicted molar refractivity (Wildman–Crippen MR) is 134 cm³/mol. The van der Waals surface area contributed by atoms with E-state index in [0.717, 1.165) is 23.8 Å². The molecule has 3 N–H and O–H groups in total. The monoisotopic (exact) mass is 554 g/mol. The average Bonchev–Trinajstić information content (AvgIpc) is 3.20. The average molecular weight is 555 g/mol. The van der Waals surface area contributed by atoms with Gasteiger partial charge in [0.15, 0.2) is 16.5 Å². The van der Waals surface area contributed by atoms with Crippen LogP contribution in [0.15, 0.2) is 41.6 Å². The first kappa shape index (κ1) is 26.6. The molecule has 0 fully saturated rings. The van der Waals surface area contributed by atoms with Crippen LogP contribution in [-0.4, -0.2) is 65.7 Å². The van der Waals surface area contributed by atoms with Crippen molar-refractivity contribution >= 4 is 44.2 Å². The molecule has 4 aromatic rings. The summed E-state index contributed by atoms with van der Waals surface area (Å²) >= 11 is 6.33. The molecule has 0 aliphatic heterocycles. The molecular formula is C22H22ClF3N8O2S. The van der Waals surface area contributed by atoms with Crippen LogP contribution in [0.2, 0.25) is 5.02 Å². The molecule has 10 nitrogen and oxygen atoms in total. The van der Waals surface area contributed by atoms with E-state index in [0.29, 0.717) is 41.5 Å². The molecule has 0 aliphatic carbocycles. The second-order valence-corrected chi connectivity index (χ2v) is 10.4. The van der Waals surface area contributed by atoms with Gasteiger partial charge < -0.3 is 10.2 Å². The van der Waals surface area contributed by atoms with E-state index < -0.39 is 26.8 Å². The van der Waals surface area contributed by atoms with E-state index in [1.165, 1.54) is 18.2 Å². The highest BCUT2D eigenvalue weighted by Crippen LogP contribution is 2.33. The number of aryl methyl sites for hydroxylation is 1. The van der Waals surface area contributed by atoms with Gasteiger partial charge in [-0.2, -0.15) is 26.7 Å². The van der Waals surface area contributed by atoms with Gasteiger partial charge in [-0.05, 0) is 51.4 Å². The van der Waals surface area contributed by atoms with Crippen molar-refractivity contribution in [2.45, 2.75) is 18.1 Å². The van der Waals surface area contributed by atoms with Gasteiger partial charge in [0.25, 0.3) is 10.0 Å². The SMILES string of the molecule is Cc1n[nH]c2nc(-c3ccc(NS(=O)(=O)c4cc(C(F)(F)F)ccn4)c(Cl)c3)nc(NCCN(C)C)c12. The van der Waals surface area contributed by atoms with Crippen molar-refractivity contribution in [3.8, 4) is 11.4 Å². The van der Waals surface area contributed by atoms with E-state index in [1.807, 2.05) is 25.9 Å². The second-order valence-electron chi connectivity index (χ2n) is 8.34. The first-order valence-electron chi connectivity index (χ1n) is 10.8. The number of fused-ring (bicyclic) bond motifs is 1. The van der Waals surface area contributed by atoms with Crippen molar-refractivity contribution in [3.63, 3.8) is 0 Å². The highest BCUT2D eigenvalue weighted by Gasteiger charge is 2.32. The molecule has 0 aliphatic rings. The normalized spacial score (nSPS) is 12.3. The summed E-state index contributed by atoms with van der Waals surface area (Å²) in [6, 6.07) is 5.49. The Kier molecular flexibility index (Phi) is 7.26. The van der Waals surface area contributed by atoms with Gasteiger partial charge in [0.1, 0.15) is 5.82 Å². The van der Waals surface area contributed by atoms with Gasteiger partial charge in [0, 0.05) is 24.8 Å². The zero-order valence-corrected chi connectivity index (χ0v) is 21.4. The van der Waals surface area contributed by atoms with Gasteiger partial charge in [-0.25, -0.2) is 15.0 Å². The number of aromatic amines is 1. The minimum Gasteiger partial charge on any atom is -0.368 e. The van der Waals surface area contributed by atoms with Crippen molar-refractivity contribution < 1.29 is 21.6 Å². The fraction of sp³-hybridized carbons (Fsp3) is 0.273. The van der Waals surface area contributed by atoms with Gasteiger partial charge in [0.05, 0.1) is 27.4 Å². The molecule has 3 aromatic heterocycles. The first-order valence-corrected chi connectivity index (χ1v) is 12.7. The zero-order valence-electron chi connectivity index (χ0n) is 19.9. The van der Waals surface area contributed by atoms with Crippen LogP contribution < -0.4 is 10.0 Å². The van der Waals surface area contributed by atoms with Crippen LogP contribution in [0, 0.1) is 6.92 Å². The van der Waals surface area contributed by atoms with Gasteiger partial charge in [-0.3, -0.25) is 9.82 Å². The molecular weight excluding hydrogens is 533 g/mol. The Labute approximate surface area is 215 Å². The quantitative estimate of drug-likeness (QED) is 0.296. The molecule has 196 valence electrons. The van der Waals surface area contributed by atoms with Crippen molar-refractivity contribution in [1.29, 1.82) is 0 Å². The van der Waals surface area contributed by atoms with Gasteiger partial charge >= 0.3 is 6.18 Å². The molecule has 0 saturated heterocycles. The molecule has 0 radical (unpaired) electrons. The Morgan fingerprint density at radius 3 is 2.57 bits per heavy atom. The van der Waals surface area contributed by atoms with Gasteiger partial charge in [0.2, 0.25) is 0 Å². The van der Waals surface area contributed by atoms with Crippen LogP contribution in [0.3, 0.4) is 0 Å². The highest BCUT2D eigenvalue weighted by molar-refractivity contribution is 7.92. The molecule has 37 heavy (non-hydrogen) atoms. The molecule has 0 unspecified atom stereocenters. The Morgan fingerprint density at radius 1 is 1.14 bits per heavy atom. The van der Waals surface area contributed by atoms with Crippen molar-refractivity contribution in [2.75, 3.05) is 37.2 Å². The van der Waals surface area contributed by atoms with Crippen LogP contribution >= 0.6 is 11.6 Å². The Balaban J connectivity index is 1.64. The van der Waals surface area contributed by atoms with Crippen LogP contribution in [-0.2, 0) is 16.2 Å². The van der Waals surface area contributed by atoms with E-state index in [1.54, 1.807) is 0 Å². The number of rotatable bonds is 8. The minimum absolute atomic E-state index is 0.0142. The van der Waals surface area contributed by atoms with E-state index in [2.05, 4.69) is 35.2 Å². The molecule has 3 heterocycles. The standard InChI is InChI=1S/C22H22ClF3N8O2S/c1-12-18-20(28-8-9-34(2)3)29-19(30-21(18)32-31-12)13-4-5-16(15(23)10-13)33-37(35,36)17-11-14(6-7-27-17)22(24,25)26/h4-7,10-11,33H,8-9H2,1-3H3,(H2,28,29,30,31,32). The van der Waals surface area contributed by atoms with Gasteiger partial charge in [-0.15, -0.1) is 0 Å². The third-order valence-electron chi connectivity index (χ3n) is 5.26. The summed E-state index contributed by atoms with van der Waals surface area (Å²) in [5.41, 5.74) is 0.523. The number of nitrogens with one attached hydrogen (secondary N) is 3. The van der Waals surface area contributed by atoms with Gasteiger partial charge in [-0.1, -0.05) is 11.6 Å². The minimum atomic E-state index is -4.72. The topological polar surface area (TPSA) is 129 Å². The number of hydrogen-bond donors (Lipinski definition) is 3. The number of halogens is 4. The summed E-state index contributed by atoms with van der Waals surface area (Å²) in [5.74, 6) is 0.879. The van der Waals surface area contributed by atoms with E-state index in [-0.39, 0.29) is 10.7 Å².